The molecule has 2 fully saturated rings. The molecule has 2 saturated heterocycles. The Morgan fingerprint density at radius 1 is 0.766 bits per heavy atom. The lowest BCUT2D eigenvalue weighted by Gasteiger charge is -2.32. The first kappa shape index (κ1) is 34.0. The molecule has 0 saturated carbocycles. The van der Waals surface area contributed by atoms with Crippen molar-refractivity contribution in [1.82, 2.24) is 9.62 Å². The largest absolute Gasteiger partial charge is 0.437 e. The number of benzene rings is 4. The standard InChI is InChI=1S/C18H21BN2O3.C18H19BN2O2/c1-19(24)21-8-4-6-13(11-21)17(22)14-9-12-5-2-3-7-15(12)16(10-14)18(20)23;1-19(23)21-8-4-6-14(12-21)18(22)15-9-13-5-2-3-7-17(13)16(10-15)11-20/h2-3,5,7,9-10,13,24H,4,6,8,11H2,1H3,(H2,20,23);2-3,5,7,9-10,14,23H,4,6,8,12H2,1H3. The van der Waals surface area contributed by atoms with Crippen LogP contribution in [0.5, 0.6) is 0 Å². The first-order valence-corrected chi connectivity index (χ1v) is 16.3. The summed E-state index contributed by atoms with van der Waals surface area (Å²) in [5.74, 6) is -0.748. The van der Waals surface area contributed by atoms with Crippen LogP contribution in [-0.2, 0) is 0 Å². The van der Waals surface area contributed by atoms with Crippen LogP contribution in [0.2, 0.25) is 13.6 Å². The van der Waals surface area contributed by atoms with Crippen molar-refractivity contribution >= 4 is 53.1 Å². The molecular formula is C36H40B2N4O5. The Labute approximate surface area is 276 Å². The van der Waals surface area contributed by atoms with E-state index in [0.717, 1.165) is 60.3 Å². The molecule has 2 aliphatic heterocycles. The number of Topliss-reactive ketones (excluding diaryl/α,β-unsaturated/α-hetero) is 2. The van der Waals surface area contributed by atoms with Gasteiger partial charge in [-0.05, 0) is 111 Å². The van der Waals surface area contributed by atoms with E-state index in [1.165, 1.54) is 0 Å². The van der Waals surface area contributed by atoms with Gasteiger partial charge in [-0.2, -0.15) is 5.26 Å². The Kier molecular flexibility index (Phi) is 10.9. The molecule has 4 aromatic rings. The van der Waals surface area contributed by atoms with Crippen LogP contribution in [0.4, 0.5) is 0 Å². The predicted molar refractivity (Wildman–Crippen MR) is 186 cm³/mol. The van der Waals surface area contributed by atoms with Crippen LogP contribution in [0, 0.1) is 23.2 Å². The number of hydrogen-bond acceptors (Lipinski definition) is 8. The third-order valence-electron chi connectivity index (χ3n) is 9.38. The van der Waals surface area contributed by atoms with Crippen molar-refractivity contribution in [2.24, 2.45) is 17.6 Å². The van der Waals surface area contributed by atoms with Gasteiger partial charge >= 0.3 is 14.1 Å². The number of hydrogen-bond donors (Lipinski definition) is 3. The van der Waals surface area contributed by atoms with E-state index in [0.29, 0.717) is 35.3 Å². The summed E-state index contributed by atoms with van der Waals surface area (Å²) in [5.41, 5.74) is 7.52. The maximum absolute atomic E-state index is 12.9. The van der Waals surface area contributed by atoms with Crippen molar-refractivity contribution in [1.29, 1.82) is 5.26 Å². The van der Waals surface area contributed by atoms with Crippen molar-refractivity contribution in [3.05, 3.63) is 95.1 Å². The van der Waals surface area contributed by atoms with Crippen molar-refractivity contribution < 1.29 is 24.4 Å². The summed E-state index contributed by atoms with van der Waals surface area (Å²) in [6, 6.07) is 24.3. The number of nitrogens with zero attached hydrogens (tertiary/aromatic N) is 3. The lowest BCUT2D eigenvalue weighted by Crippen LogP contribution is -2.46. The van der Waals surface area contributed by atoms with Gasteiger partial charge < -0.3 is 25.4 Å². The summed E-state index contributed by atoms with van der Waals surface area (Å²) < 4.78 is 0. The molecule has 47 heavy (non-hydrogen) atoms. The summed E-state index contributed by atoms with van der Waals surface area (Å²) in [5, 5.41) is 32.3. The molecule has 0 radical (unpaired) electrons. The van der Waals surface area contributed by atoms with Crippen LogP contribution in [0.1, 0.15) is 62.3 Å². The van der Waals surface area contributed by atoms with Gasteiger partial charge in [0.1, 0.15) is 0 Å². The van der Waals surface area contributed by atoms with Crippen LogP contribution in [0.25, 0.3) is 21.5 Å². The Morgan fingerprint density at radius 2 is 1.23 bits per heavy atom. The number of nitrogens with two attached hydrogens (primary N) is 1. The monoisotopic (exact) mass is 630 g/mol. The molecule has 4 aromatic carbocycles. The lowest BCUT2D eigenvalue weighted by atomic mass is 9.79. The van der Waals surface area contributed by atoms with E-state index in [1.54, 1.807) is 25.8 Å². The highest BCUT2D eigenvalue weighted by atomic mass is 16.2. The minimum Gasteiger partial charge on any atom is -0.437 e. The van der Waals surface area contributed by atoms with Gasteiger partial charge in [0.05, 0.1) is 11.6 Å². The highest BCUT2D eigenvalue weighted by molar-refractivity contribution is 6.45. The summed E-state index contributed by atoms with van der Waals surface area (Å²) in [6.07, 6.45) is 3.40. The molecule has 2 aliphatic rings. The molecule has 2 atom stereocenters. The Morgan fingerprint density at radius 3 is 1.72 bits per heavy atom. The number of carbonyl (C=O) groups excluding carboxylic acids is 3. The molecule has 240 valence electrons. The van der Waals surface area contributed by atoms with Gasteiger partial charge in [0.15, 0.2) is 11.6 Å². The van der Waals surface area contributed by atoms with Gasteiger partial charge in [-0.15, -0.1) is 0 Å². The van der Waals surface area contributed by atoms with E-state index >= 15 is 0 Å². The second-order valence-electron chi connectivity index (χ2n) is 12.6. The topological polar surface area (TPSA) is 148 Å². The molecule has 0 aliphatic carbocycles. The average molecular weight is 630 g/mol. The zero-order valence-corrected chi connectivity index (χ0v) is 26.9. The predicted octanol–water partition coefficient (Wildman–Crippen LogP) is 4.66. The molecule has 4 N–H and O–H groups in total. The number of rotatable bonds is 7. The minimum absolute atomic E-state index is 0.00797. The van der Waals surface area contributed by atoms with Crippen LogP contribution in [-0.4, -0.2) is 77.4 Å². The fraction of sp³-hybridized carbons (Fsp3) is 0.333. The molecule has 0 bridgehead atoms. The third-order valence-corrected chi connectivity index (χ3v) is 9.38. The smallest absolute Gasteiger partial charge is 0.376 e. The Bertz CT molecular complexity index is 1840. The second kappa shape index (κ2) is 15.1. The van der Waals surface area contributed by atoms with Gasteiger partial charge in [-0.3, -0.25) is 14.4 Å². The highest BCUT2D eigenvalue weighted by Gasteiger charge is 2.31. The number of fused-ring (bicyclic) bond motifs is 2. The molecule has 9 nitrogen and oxygen atoms in total. The van der Waals surface area contributed by atoms with Gasteiger partial charge in [-0.25, -0.2) is 0 Å². The number of ketones is 2. The van der Waals surface area contributed by atoms with Crippen molar-refractivity contribution in [2.45, 2.75) is 39.3 Å². The quantitative estimate of drug-likeness (QED) is 0.197. The van der Waals surface area contributed by atoms with Crippen LogP contribution >= 0.6 is 0 Å². The maximum Gasteiger partial charge on any atom is 0.376 e. The van der Waals surface area contributed by atoms with E-state index < -0.39 is 20.0 Å². The molecular weight excluding hydrogens is 590 g/mol. The summed E-state index contributed by atoms with van der Waals surface area (Å²) in [7, 11) is -1.09. The van der Waals surface area contributed by atoms with E-state index in [-0.39, 0.29) is 23.4 Å². The fourth-order valence-electron chi connectivity index (χ4n) is 6.79. The molecule has 1 amide bonds. The van der Waals surface area contributed by atoms with E-state index in [1.807, 2.05) is 70.3 Å². The van der Waals surface area contributed by atoms with E-state index in [2.05, 4.69) is 6.07 Å². The molecule has 2 unspecified atom stereocenters. The first-order chi connectivity index (χ1) is 22.6. The molecule has 6 rings (SSSR count). The number of carbonyl (C=O) groups is 3. The van der Waals surface area contributed by atoms with Crippen LogP contribution in [0.15, 0.2) is 72.8 Å². The van der Waals surface area contributed by atoms with Crippen LogP contribution in [0.3, 0.4) is 0 Å². The lowest BCUT2D eigenvalue weighted by molar-refractivity contribution is 0.0856. The number of nitriles is 1. The Hall–Kier alpha value is -4.33. The van der Waals surface area contributed by atoms with E-state index in [4.69, 9.17) is 5.73 Å². The van der Waals surface area contributed by atoms with Crippen LogP contribution < -0.4 is 5.73 Å². The van der Waals surface area contributed by atoms with Gasteiger partial charge in [0.2, 0.25) is 5.91 Å². The van der Waals surface area contributed by atoms with Gasteiger partial charge in [0.25, 0.3) is 0 Å². The highest BCUT2D eigenvalue weighted by Crippen LogP contribution is 2.28. The van der Waals surface area contributed by atoms with Gasteiger partial charge in [0, 0.05) is 28.5 Å². The second-order valence-corrected chi connectivity index (χ2v) is 12.6. The van der Waals surface area contributed by atoms with E-state index in [9.17, 15) is 29.7 Å². The third kappa shape index (κ3) is 7.80. The molecule has 0 aromatic heterocycles. The van der Waals surface area contributed by atoms with Crippen molar-refractivity contribution in [3.8, 4) is 6.07 Å². The summed E-state index contributed by atoms with van der Waals surface area (Å²) >= 11 is 0. The first-order valence-electron chi connectivity index (χ1n) is 16.3. The number of amides is 1. The number of primary amides is 1. The maximum atomic E-state index is 12.9. The zero-order valence-electron chi connectivity index (χ0n) is 26.9. The summed E-state index contributed by atoms with van der Waals surface area (Å²) in [6.45, 7) is 6.18. The SMILES string of the molecule is CB(O)N1CCCC(C(=O)c2cc(C#N)c3ccccc3c2)C1.CB(O)N1CCCC(C(=O)c2cc(C(N)=O)c3ccccc3c2)C1. The fourth-order valence-corrected chi connectivity index (χ4v) is 6.79. The zero-order chi connectivity index (χ0) is 33.7. The Balaban J connectivity index is 0.000000185. The van der Waals surface area contributed by atoms with Gasteiger partial charge in [-0.1, -0.05) is 48.5 Å². The van der Waals surface area contributed by atoms with Crippen molar-refractivity contribution in [3.63, 3.8) is 0 Å². The molecule has 0 spiro atoms. The van der Waals surface area contributed by atoms with Crippen molar-refractivity contribution in [2.75, 3.05) is 26.2 Å². The average Bonchev–Trinajstić information content (AvgIpc) is 3.10. The molecule has 11 heteroatoms. The minimum atomic E-state index is -0.557. The molecule has 2 heterocycles. The summed E-state index contributed by atoms with van der Waals surface area (Å²) in [4.78, 5) is 41.4. The number of piperidine rings is 2. The normalized spacial score (nSPS) is 18.5.